The minimum absolute atomic E-state index is 0.0988. The molecule has 1 aromatic carbocycles. The summed E-state index contributed by atoms with van der Waals surface area (Å²) in [6.45, 7) is 0. The van der Waals surface area contributed by atoms with Gasteiger partial charge in [-0.2, -0.15) is 15.4 Å². The van der Waals surface area contributed by atoms with Crippen molar-refractivity contribution in [3.8, 4) is 0 Å². The van der Waals surface area contributed by atoms with Crippen molar-refractivity contribution < 1.29 is 4.79 Å². The first-order valence-corrected chi connectivity index (χ1v) is 5.75. The molecule has 2 atom stereocenters. The molecule has 4 N–H and O–H groups in total. The SMILES string of the molecule is NC1Cc2ccccc2C1NC(=O)c1cn[nH]n1. The van der Waals surface area contributed by atoms with Gasteiger partial charge in [-0.05, 0) is 17.5 Å². The molecule has 1 aliphatic rings. The number of H-pyrrole nitrogens is 1. The zero-order valence-corrected chi connectivity index (χ0v) is 9.63. The number of carbonyl (C=O) groups excluding carboxylic acids is 1. The van der Waals surface area contributed by atoms with E-state index in [-0.39, 0.29) is 23.7 Å². The van der Waals surface area contributed by atoms with Crippen molar-refractivity contribution in [2.24, 2.45) is 5.73 Å². The fourth-order valence-electron chi connectivity index (χ4n) is 2.34. The molecule has 3 rings (SSSR count). The van der Waals surface area contributed by atoms with E-state index in [1.54, 1.807) is 0 Å². The van der Waals surface area contributed by atoms with Crippen LogP contribution in [0.3, 0.4) is 0 Å². The Bertz CT molecular complexity index is 566. The number of carbonyl (C=O) groups is 1. The van der Waals surface area contributed by atoms with Crippen LogP contribution in [0.5, 0.6) is 0 Å². The molecule has 0 fully saturated rings. The van der Waals surface area contributed by atoms with Crippen LogP contribution in [-0.2, 0) is 6.42 Å². The number of aromatic amines is 1. The Morgan fingerprint density at radius 1 is 1.44 bits per heavy atom. The van der Waals surface area contributed by atoms with E-state index < -0.39 is 0 Å². The molecular weight excluding hydrogens is 230 g/mol. The highest BCUT2D eigenvalue weighted by atomic mass is 16.2. The lowest BCUT2D eigenvalue weighted by molar-refractivity contribution is 0.0928. The van der Waals surface area contributed by atoms with Gasteiger partial charge in [-0.1, -0.05) is 24.3 Å². The van der Waals surface area contributed by atoms with E-state index in [4.69, 9.17) is 5.73 Å². The Balaban J connectivity index is 1.83. The fraction of sp³-hybridized carbons (Fsp3) is 0.250. The summed E-state index contributed by atoms with van der Waals surface area (Å²) in [5.41, 5.74) is 8.62. The number of fused-ring (bicyclic) bond motifs is 1. The van der Waals surface area contributed by atoms with Crippen LogP contribution in [0.4, 0.5) is 0 Å². The minimum Gasteiger partial charge on any atom is -0.342 e. The molecule has 0 bridgehead atoms. The van der Waals surface area contributed by atoms with Crippen LogP contribution in [-0.4, -0.2) is 27.4 Å². The maximum atomic E-state index is 11.9. The number of nitrogens with one attached hydrogen (secondary N) is 2. The molecule has 0 aliphatic heterocycles. The first-order valence-electron chi connectivity index (χ1n) is 5.75. The molecule has 18 heavy (non-hydrogen) atoms. The third-order valence-corrected chi connectivity index (χ3v) is 3.21. The van der Waals surface area contributed by atoms with Crippen molar-refractivity contribution >= 4 is 5.91 Å². The molecule has 0 saturated heterocycles. The van der Waals surface area contributed by atoms with Gasteiger partial charge in [0, 0.05) is 6.04 Å². The van der Waals surface area contributed by atoms with Crippen molar-refractivity contribution in [3.63, 3.8) is 0 Å². The summed E-state index contributed by atoms with van der Waals surface area (Å²) in [6.07, 6.45) is 2.17. The molecule has 92 valence electrons. The second-order valence-electron chi connectivity index (χ2n) is 4.37. The van der Waals surface area contributed by atoms with E-state index in [2.05, 4.69) is 20.7 Å². The number of benzene rings is 1. The van der Waals surface area contributed by atoms with Crippen molar-refractivity contribution in [1.82, 2.24) is 20.7 Å². The number of hydrogen-bond donors (Lipinski definition) is 3. The van der Waals surface area contributed by atoms with Crippen LogP contribution >= 0.6 is 0 Å². The van der Waals surface area contributed by atoms with E-state index in [9.17, 15) is 4.79 Å². The molecule has 2 aromatic rings. The van der Waals surface area contributed by atoms with Gasteiger partial charge in [-0.25, -0.2) is 0 Å². The number of rotatable bonds is 2. The average molecular weight is 243 g/mol. The summed E-state index contributed by atoms with van der Waals surface area (Å²) in [5, 5.41) is 12.7. The molecule has 0 spiro atoms. The highest BCUT2D eigenvalue weighted by molar-refractivity contribution is 5.92. The van der Waals surface area contributed by atoms with Crippen molar-refractivity contribution in [2.45, 2.75) is 18.5 Å². The molecule has 0 radical (unpaired) electrons. The Kier molecular flexibility index (Phi) is 2.56. The minimum atomic E-state index is -0.263. The number of hydrogen-bond acceptors (Lipinski definition) is 4. The Labute approximate surface area is 104 Å². The summed E-state index contributed by atoms with van der Waals surface area (Å²) in [6, 6.07) is 7.70. The van der Waals surface area contributed by atoms with Crippen LogP contribution in [0.25, 0.3) is 0 Å². The average Bonchev–Trinajstić information content (AvgIpc) is 2.98. The standard InChI is InChI=1S/C12H13N5O/c13-9-5-7-3-1-2-4-8(7)11(9)15-12(18)10-6-14-17-16-10/h1-4,6,9,11H,5,13H2,(H,15,18)(H,14,16,17). The number of amides is 1. The van der Waals surface area contributed by atoms with Crippen molar-refractivity contribution in [2.75, 3.05) is 0 Å². The van der Waals surface area contributed by atoms with Crippen LogP contribution in [0, 0.1) is 0 Å². The second kappa shape index (κ2) is 4.23. The lowest BCUT2D eigenvalue weighted by Gasteiger charge is -2.17. The summed E-state index contributed by atoms with van der Waals surface area (Å²) < 4.78 is 0. The first-order chi connectivity index (χ1) is 8.75. The molecule has 1 aromatic heterocycles. The van der Waals surface area contributed by atoms with Crippen molar-refractivity contribution in [3.05, 3.63) is 47.3 Å². The quantitative estimate of drug-likeness (QED) is 0.700. The maximum Gasteiger partial charge on any atom is 0.273 e. The predicted molar refractivity (Wildman–Crippen MR) is 64.7 cm³/mol. The number of nitrogens with zero attached hydrogens (tertiary/aromatic N) is 2. The molecule has 6 heteroatoms. The number of aromatic nitrogens is 3. The van der Waals surface area contributed by atoms with E-state index in [1.165, 1.54) is 11.8 Å². The van der Waals surface area contributed by atoms with Gasteiger partial charge in [0.2, 0.25) is 0 Å². The third-order valence-electron chi connectivity index (χ3n) is 3.21. The summed E-state index contributed by atoms with van der Waals surface area (Å²) in [7, 11) is 0. The predicted octanol–water partition coefficient (Wildman–Crippen LogP) is 0.159. The van der Waals surface area contributed by atoms with Crippen LogP contribution in [0.2, 0.25) is 0 Å². The van der Waals surface area contributed by atoms with E-state index in [0.29, 0.717) is 0 Å². The topological polar surface area (TPSA) is 96.7 Å². The molecule has 1 aliphatic carbocycles. The largest absolute Gasteiger partial charge is 0.342 e. The van der Waals surface area contributed by atoms with Gasteiger partial charge in [0.05, 0.1) is 12.2 Å². The van der Waals surface area contributed by atoms with Gasteiger partial charge in [0.25, 0.3) is 5.91 Å². The van der Waals surface area contributed by atoms with Crippen LogP contribution in [0.1, 0.15) is 27.7 Å². The Morgan fingerprint density at radius 2 is 2.28 bits per heavy atom. The van der Waals surface area contributed by atoms with Gasteiger partial charge >= 0.3 is 0 Å². The van der Waals surface area contributed by atoms with Gasteiger partial charge in [0.1, 0.15) is 0 Å². The zero-order valence-electron chi connectivity index (χ0n) is 9.63. The third kappa shape index (κ3) is 1.76. The van der Waals surface area contributed by atoms with Crippen LogP contribution < -0.4 is 11.1 Å². The molecule has 2 unspecified atom stereocenters. The van der Waals surface area contributed by atoms with Crippen LogP contribution in [0.15, 0.2) is 30.5 Å². The molecular formula is C12H13N5O. The Morgan fingerprint density at radius 3 is 3.06 bits per heavy atom. The van der Waals surface area contributed by atoms with Gasteiger partial charge in [0.15, 0.2) is 5.69 Å². The highest BCUT2D eigenvalue weighted by Crippen LogP contribution is 2.30. The fourth-order valence-corrected chi connectivity index (χ4v) is 2.34. The summed E-state index contributed by atoms with van der Waals surface area (Å²) in [4.78, 5) is 11.9. The number of nitrogens with two attached hydrogens (primary N) is 1. The first kappa shape index (κ1) is 10.9. The van der Waals surface area contributed by atoms with E-state index >= 15 is 0 Å². The normalized spacial score (nSPS) is 21.6. The zero-order chi connectivity index (χ0) is 12.5. The summed E-state index contributed by atoms with van der Waals surface area (Å²) in [5.74, 6) is -0.263. The molecule has 6 nitrogen and oxygen atoms in total. The monoisotopic (exact) mass is 243 g/mol. The maximum absolute atomic E-state index is 11.9. The molecule has 0 saturated carbocycles. The van der Waals surface area contributed by atoms with E-state index in [0.717, 1.165) is 12.0 Å². The lowest BCUT2D eigenvalue weighted by Crippen LogP contribution is -2.38. The van der Waals surface area contributed by atoms with Gasteiger partial charge in [-0.15, -0.1) is 0 Å². The van der Waals surface area contributed by atoms with Crippen molar-refractivity contribution in [1.29, 1.82) is 0 Å². The Hall–Kier alpha value is -2.21. The highest BCUT2D eigenvalue weighted by Gasteiger charge is 2.31. The van der Waals surface area contributed by atoms with E-state index in [1.807, 2.05) is 24.3 Å². The van der Waals surface area contributed by atoms with Gasteiger partial charge in [-0.3, -0.25) is 4.79 Å². The smallest absolute Gasteiger partial charge is 0.273 e. The van der Waals surface area contributed by atoms with Gasteiger partial charge < -0.3 is 11.1 Å². The lowest BCUT2D eigenvalue weighted by atomic mass is 10.1. The second-order valence-corrected chi connectivity index (χ2v) is 4.37. The molecule has 1 amide bonds. The summed E-state index contributed by atoms with van der Waals surface area (Å²) >= 11 is 0. The molecule has 1 heterocycles.